The van der Waals surface area contributed by atoms with Gasteiger partial charge in [0.1, 0.15) is 0 Å². The molecule has 0 spiro atoms. The minimum Gasteiger partial charge on any atom is -0.478 e. The molecule has 0 bridgehead atoms. The van der Waals surface area contributed by atoms with Crippen molar-refractivity contribution in [2.24, 2.45) is 0 Å². The van der Waals surface area contributed by atoms with Crippen LogP contribution in [0.1, 0.15) is 23.2 Å². The third-order valence-electron chi connectivity index (χ3n) is 3.60. The van der Waals surface area contributed by atoms with Gasteiger partial charge in [-0.25, -0.2) is 4.98 Å². The van der Waals surface area contributed by atoms with Crippen LogP contribution in [-0.4, -0.2) is 58.7 Å². The van der Waals surface area contributed by atoms with E-state index in [1.54, 1.807) is 30.2 Å². The molecule has 1 fully saturated rings. The predicted molar refractivity (Wildman–Crippen MR) is 82.6 cm³/mol. The van der Waals surface area contributed by atoms with Crippen molar-refractivity contribution in [3.05, 3.63) is 29.8 Å². The lowest BCUT2D eigenvalue weighted by Crippen LogP contribution is -2.49. The van der Waals surface area contributed by atoms with Crippen molar-refractivity contribution in [1.82, 2.24) is 20.0 Å². The number of amides is 1. The zero-order valence-corrected chi connectivity index (χ0v) is 13.2. The van der Waals surface area contributed by atoms with Crippen LogP contribution < -0.4 is 9.64 Å². The number of anilines is 1. The number of hydrogen-bond acceptors (Lipinski definition) is 7. The van der Waals surface area contributed by atoms with E-state index in [0.29, 0.717) is 50.3 Å². The van der Waals surface area contributed by atoms with E-state index in [-0.39, 0.29) is 11.7 Å². The molecule has 23 heavy (non-hydrogen) atoms. The van der Waals surface area contributed by atoms with Crippen LogP contribution in [0.3, 0.4) is 0 Å². The zero-order chi connectivity index (χ0) is 16.2. The van der Waals surface area contributed by atoms with Gasteiger partial charge < -0.3 is 19.1 Å². The topological polar surface area (TPSA) is 84.6 Å². The van der Waals surface area contributed by atoms with Crippen molar-refractivity contribution >= 4 is 11.9 Å². The molecule has 2 aromatic heterocycles. The second-order valence-corrected chi connectivity index (χ2v) is 5.24. The molecule has 0 aromatic carbocycles. The Morgan fingerprint density at radius 2 is 2.13 bits per heavy atom. The summed E-state index contributed by atoms with van der Waals surface area (Å²) in [6.07, 6.45) is 1.68. The SMILES string of the molecule is CCOc1ccnc(N2CCN(C(=O)c3cc(C)no3)CC2)n1. The van der Waals surface area contributed by atoms with E-state index in [1.807, 2.05) is 11.8 Å². The van der Waals surface area contributed by atoms with E-state index in [4.69, 9.17) is 9.26 Å². The maximum Gasteiger partial charge on any atom is 0.292 e. The number of aryl methyl sites for hydroxylation is 1. The maximum absolute atomic E-state index is 12.3. The highest BCUT2D eigenvalue weighted by atomic mass is 16.5. The van der Waals surface area contributed by atoms with Gasteiger partial charge in [-0.3, -0.25) is 4.79 Å². The molecule has 0 aliphatic carbocycles. The predicted octanol–water partition coefficient (Wildman–Crippen LogP) is 1.13. The van der Waals surface area contributed by atoms with E-state index in [0.717, 1.165) is 0 Å². The lowest BCUT2D eigenvalue weighted by molar-refractivity contribution is 0.0704. The smallest absolute Gasteiger partial charge is 0.292 e. The van der Waals surface area contributed by atoms with E-state index in [9.17, 15) is 4.79 Å². The Hall–Kier alpha value is -2.64. The maximum atomic E-state index is 12.3. The highest BCUT2D eigenvalue weighted by molar-refractivity contribution is 5.91. The lowest BCUT2D eigenvalue weighted by Gasteiger charge is -2.34. The molecule has 8 nitrogen and oxygen atoms in total. The van der Waals surface area contributed by atoms with Crippen LogP contribution in [-0.2, 0) is 0 Å². The first-order chi connectivity index (χ1) is 11.2. The van der Waals surface area contributed by atoms with Gasteiger partial charge in [0.25, 0.3) is 5.91 Å². The molecule has 1 aliphatic heterocycles. The number of carbonyl (C=O) groups is 1. The summed E-state index contributed by atoms with van der Waals surface area (Å²) in [5.41, 5.74) is 0.702. The van der Waals surface area contributed by atoms with Crippen molar-refractivity contribution in [3.8, 4) is 5.88 Å². The van der Waals surface area contributed by atoms with Gasteiger partial charge in [-0.15, -0.1) is 0 Å². The number of hydrogen-bond donors (Lipinski definition) is 0. The normalized spacial score (nSPS) is 14.9. The molecular formula is C15H19N5O3. The molecule has 3 heterocycles. The van der Waals surface area contributed by atoms with Crippen LogP contribution in [0.25, 0.3) is 0 Å². The van der Waals surface area contributed by atoms with Gasteiger partial charge in [0.15, 0.2) is 0 Å². The Kier molecular flexibility index (Phi) is 4.40. The summed E-state index contributed by atoms with van der Waals surface area (Å²) in [5, 5.41) is 3.76. The highest BCUT2D eigenvalue weighted by Crippen LogP contribution is 2.16. The molecule has 0 N–H and O–H groups in total. The molecule has 2 aromatic rings. The van der Waals surface area contributed by atoms with Crippen LogP contribution in [0.2, 0.25) is 0 Å². The number of piperazine rings is 1. The first-order valence-electron chi connectivity index (χ1n) is 7.60. The molecule has 8 heteroatoms. The Bertz CT molecular complexity index is 679. The first kappa shape index (κ1) is 15.3. The fourth-order valence-electron chi connectivity index (χ4n) is 2.44. The monoisotopic (exact) mass is 317 g/mol. The number of carbonyl (C=O) groups excluding carboxylic acids is 1. The van der Waals surface area contributed by atoms with Gasteiger partial charge in [-0.2, -0.15) is 4.98 Å². The standard InChI is InChI=1S/C15H19N5O3/c1-3-22-13-4-5-16-15(17-13)20-8-6-19(7-9-20)14(21)12-10-11(2)18-23-12/h4-5,10H,3,6-9H2,1-2H3. The molecular weight excluding hydrogens is 298 g/mol. The Balaban J connectivity index is 1.62. The summed E-state index contributed by atoms with van der Waals surface area (Å²) in [6, 6.07) is 3.39. The third-order valence-corrected chi connectivity index (χ3v) is 3.60. The van der Waals surface area contributed by atoms with Gasteiger partial charge in [0.2, 0.25) is 17.6 Å². The molecule has 0 atom stereocenters. The number of rotatable bonds is 4. The van der Waals surface area contributed by atoms with Crippen LogP contribution in [0.4, 0.5) is 5.95 Å². The Morgan fingerprint density at radius 1 is 1.35 bits per heavy atom. The summed E-state index contributed by atoms with van der Waals surface area (Å²) in [4.78, 5) is 24.8. The second kappa shape index (κ2) is 6.64. The average molecular weight is 317 g/mol. The molecule has 3 rings (SSSR count). The van der Waals surface area contributed by atoms with Crippen molar-refractivity contribution in [2.45, 2.75) is 13.8 Å². The van der Waals surface area contributed by atoms with Gasteiger partial charge >= 0.3 is 0 Å². The second-order valence-electron chi connectivity index (χ2n) is 5.24. The minimum atomic E-state index is -0.130. The lowest BCUT2D eigenvalue weighted by atomic mass is 10.3. The van der Waals surface area contributed by atoms with E-state index in [1.165, 1.54) is 0 Å². The summed E-state index contributed by atoms with van der Waals surface area (Å²) in [6.45, 7) is 6.76. The van der Waals surface area contributed by atoms with Gasteiger partial charge in [-0.1, -0.05) is 5.16 Å². The van der Waals surface area contributed by atoms with E-state index in [2.05, 4.69) is 15.1 Å². The minimum absolute atomic E-state index is 0.130. The van der Waals surface area contributed by atoms with Crippen molar-refractivity contribution < 1.29 is 14.1 Å². The van der Waals surface area contributed by atoms with E-state index < -0.39 is 0 Å². The van der Waals surface area contributed by atoms with Crippen LogP contribution >= 0.6 is 0 Å². The summed E-state index contributed by atoms with van der Waals surface area (Å²) in [7, 11) is 0. The summed E-state index contributed by atoms with van der Waals surface area (Å²) < 4.78 is 10.4. The van der Waals surface area contributed by atoms with Gasteiger partial charge in [0, 0.05) is 44.5 Å². The molecule has 0 unspecified atom stereocenters. The fraction of sp³-hybridized carbons (Fsp3) is 0.467. The highest BCUT2D eigenvalue weighted by Gasteiger charge is 2.25. The van der Waals surface area contributed by atoms with Crippen molar-refractivity contribution in [1.29, 1.82) is 0 Å². The van der Waals surface area contributed by atoms with Gasteiger partial charge in [-0.05, 0) is 13.8 Å². The van der Waals surface area contributed by atoms with Crippen molar-refractivity contribution in [2.75, 3.05) is 37.7 Å². The summed E-state index contributed by atoms with van der Waals surface area (Å²) >= 11 is 0. The molecule has 122 valence electrons. The Morgan fingerprint density at radius 3 is 2.78 bits per heavy atom. The first-order valence-corrected chi connectivity index (χ1v) is 7.60. The third kappa shape index (κ3) is 3.41. The quantitative estimate of drug-likeness (QED) is 0.835. The van der Waals surface area contributed by atoms with Crippen LogP contribution in [0.5, 0.6) is 5.88 Å². The molecule has 1 amide bonds. The number of ether oxygens (including phenoxy) is 1. The van der Waals surface area contributed by atoms with Crippen LogP contribution in [0, 0.1) is 6.92 Å². The molecule has 0 radical (unpaired) electrons. The zero-order valence-electron chi connectivity index (χ0n) is 13.2. The number of nitrogens with zero attached hydrogens (tertiary/aromatic N) is 5. The fourth-order valence-corrected chi connectivity index (χ4v) is 2.44. The Labute approximate surface area is 134 Å². The molecule has 0 saturated carbocycles. The van der Waals surface area contributed by atoms with Crippen LogP contribution in [0.15, 0.2) is 22.9 Å². The summed E-state index contributed by atoms with van der Waals surface area (Å²) in [5.74, 6) is 1.34. The van der Waals surface area contributed by atoms with Gasteiger partial charge in [0.05, 0.1) is 12.3 Å². The average Bonchev–Trinajstić information content (AvgIpc) is 3.01. The largest absolute Gasteiger partial charge is 0.478 e. The van der Waals surface area contributed by atoms with Crippen molar-refractivity contribution in [3.63, 3.8) is 0 Å². The molecule has 1 aliphatic rings. The molecule has 1 saturated heterocycles. The number of aromatic nitrogens is 3. The van der Waals surface area contributed by atoms with E-state index >= 15 is 0 Å².